The van der Waals surface area contributed by atoms with Crippen molar-refractivity contribution < 1.29 is 37.0 Å². The van der Waals surface area contributed by atoms with E-state index in [1.807, 2.05) is 7.05 Å². The molecule has 2 aromatic carbocycles. The highest BCUT2D eigenvalue weighted by atomic mass is 19.4. The van der Waals surface area contributed by atoms with Crippen LogP contribution < -0.4 is 19.7 Å². The maximum absolute atomic E-state index is 14.0. The highest BCUT2D eigenvalue weighted by Crippen LogP contribution is 2.57. The summed E-state index contributed by atoms with van der Waals surface area (Å²) in [5, 5.41) is 2.89. The van der Waals surface area contributed by atoms with Gasteiger partial charge in [0.25, 0.3) is 5.91 Å². The van der Waals surface area contributed by atoms with Gasteiger partial charge < -0.3 is 29.3 Å². The molecule has 0 bridgehead atoms. The number of nitrogens with zero attached hydrogens (tertiary/aromatic N) is 5. The maximum atomic E-state index is 14.0. The number of halogens is 3. The summed E-state index contributed by atoms with van der Waals surface area (Å²) in [5.41, 5.74) is -0.335. The number of nitrogens with one attached hydrogen (secondary N) is 1. The minimum absolute atomic E-state index is 0.0102. The summed E-state index contributed by atoms with van der Waals surface area (Å²) < 4.78 is 59.1. The summed E-state index contributed by atoms with van der Waals surface area (Å²) in [6.45, 7) is 1.85. The third-order valence-corrected chi connectivity index (χ3v) is 8.90. The third kappa shape index (κ3) is 4.46. The lowest BCUT2D eigenvalue weighted by atomic mass is 10.0. The molecule has 2 amide bonds. The van der Waals surface area contributed by atoms with Gasteiger partial charge in [-0.1, -0.05) is 12.1 Å². The van der Waals surface area contributed by atoms with Gasteiger partial charge in [-0.3, -0.25) is 9.69 Å². The number of fused-ring (bicyclic) bond motifs is 2. The van der Waals surface area contributed by atoms with Crippen LogP contribution in [-0.2, 0) is 16.5 Å². The fourth-order valence-electron chi connectivity index (χ4n) is 6.44. The SMILES string of the molecule is COc1cc(N2CC3(CCN(C)C3)OC2=O)ccc1Nc1ncc(C(F)(F)F)c(Oc2cccc3c2C(=O)N(C)C32CC2)n1. The number of anilines is 3. The quantitative estimate of drug-likeness (QED) is 0.406. The molecule has 4 aliphatic rings. The van der Waals surface area contributed by atoms with E-state index in [1.165, 1.54) is 18.1 Å². The van der Waals surface area contributed by atoms with Gasteiger partial charge in [-0.25, -0.2) is 9.78 Å². The lowest BCUT2D eigenvalue weighted by Gasteiger charge is -2.21. The first-order valence-corrected chi connectivity index (χ1v) is 14.1. The number of carbonyl (C=O) groups excluding carboxylic acids is 2. The van der Waals surface area contributed by atoms with Crippen LogP contribution in [0.15, 0.2) is 42.6 Å². The predicted octanol–water partition coefficient (Wildman–Crippen LogP) is 5.15. The molecule has 3 aromatic rings. The zero-order valence-corrected chi connectivity index (χ0v) is 24.2. The number of alkyl halides is 3. The topological polar surface area (TPSA) is 109 Å². The van der Waals surface area contributed by atoms with Crippen LogP contribution in [0.1, 0.15) is 40.7 Å². The number of aromatic nitrogens is 2. The Morgan fingerprint density at radius 3 is 2.52 bits per heavy atom. The number of ether oxygens (including phenoxy) is 3. The Labute approximate surface area is 250 Å². The van der Waals surface area contributed by atoms with Gasteiger partial charge in [-0.05, 0) is 43.7 Å². The lowest BCUT2D eigenvalue weighted by molar-refractivity contribution is -0.139. The van der Waals surface area contributed by atoms with Crippen LogP contribution in [0.25, 0.3) is 0 Å². The molecule has 230 valence electrons. The van der Waals surface area contributed by atoms with Crippen LogP contribution in [0.2, 0.25) is 0 Å². The minimum atomic E-state index is -4.82. The van der Waals surface area contributed by atoms with Crippen molar-refractivity contribution >= 4 is 29.3 Å². The molecule has 3 aliphatic heterocycles. The van der Waals surface area contributed by atoms with Gasteiger partial charge in [-0.15, -0.1) is 0 Å². The fourth-order valence-corrected chi connectivity index (χ4v) is 6.44. The second-order valence-corrected chi connectivity index (χ2v) is 11.7. The lowest BCUT2D eigenvalue weighted by Crippen LogP contribution is -2.37. The highest BCUT2D eigenvalue weighted by molar-refractivity contribution is 6.03. The monoisotopic (exact) mass is 610 g/mol. The molecule has 3 fully saturated rings. The average Bonchev–Trinajstić information content (AvgIpc) is 3.56. The van der Waals surface area contributed by atoms with Crippen molar-refractivity contribution in [2.24, 2.45) is 0 Å². The number of benzene rings is 2. The van der Waals surface area contributed by atoms with E-state index in [0.29, 0.717) is 36.4 Å². The molecular formula is C30H29F3N6O5. The Morgan fingerprint density at radius 2 is 1.84 bits per heavy atom. The normalized spacial score (nSPS) is 22.1. The molecule has 1 saturated carbocycles. The molecule has 14 heteroatoms. The summed E-state index contributed by atoms with van der Waals surface area (Å²) in [5.74, 6) is -0.967. The van der Waals surface area contributed by atoms with Crippen molar-refractivity contribution in [3.63, 3.8) is 0 Å². The second kappa shape index (κ2) is 9.71. The van der Waals surface area contributed by atoms with Crippen molar-refractivity contribution in [3.8, 4) is 17.4 Å². The molecular weight excluding hydrogens is 581 g/mol. The molecule has 2 saturated heterocycles. The number of methoxy groups -OCH3 is 1. The van der Waals surface area contributed by atoms with Crippen LogP contribution in [0.4, 0.5) is 35.3 Å². The number of likely N-dealkylation sites (N-methyl/N-ethyl adjacent to an activating group) is 1. The Morgan fingerprint density at radius 1 is 1.05 bits per heavy atom. The van der Waals surface area contributed by atoms with Crippen LogP contribution in [0.5, 0.6) is 17.4 Å². The smallest absolute Gasteiger partial charge is 0.423 e. The van der Waals surface area contributed by atoms with Crippen LogP contribution in [0, 0.1) is 0 Å². The van der Waals surface area contributed by atoms with Crippen molar-refractivity contribution in [2.45, 2.75) is 36.6 Å². The minimum Gasteiger partial charge on any atom is -0.494 e. The standard InChI is InChI=1S/C30H29F3N6O5/c1-37-12-11-28(15-37)16-39(27(41)44-28)17-7-8-20(22(13-17)42-3)35-26-34-14-19(30(31,32)33)24(36-26)43-21-6-4-5-18-23(21)25(40)38(2)29(18)9-10-29/h4-8,13-14H,9-12,15-16H2,1-3H3,(H,34,35,36). The van der Waals surface area contributed by atoms with Crippen molar-refractivity contribution in [1.29, 1.82) is 0 Å². The number of hydrogen-bond acceptors (Lipinski definition) is 9. The summed E-state index contributed by atoms with van der Waals surface area (Å²) in [6, 6.07) is 9.84. The van der Waals surface area contributed by atoms with Gasteiger partial charge in [0, 0.05) is 38.8 Å². The molecule has 0 radical (unpaired) electrons. The van der Waals surface area contributed by atoms with Gasteiger partial charge in [0.05, 0.1) is 36.1 Å². The molecule has 1 unspecified atom stereocenters. The molecule has 7 rings (SSSR count). The molecule has 1 aliphatic carbocycles. The van der Waals surface area contributed by atoms with E-state index >= 15 is 0 Å². The predicted molar refractivity (Wildman–Crippen MR) is 152 cm³/mol. The zero-order chi connectivity index (χ0) is 31.0. The van der Waals surface area contributed by atoms with Crippen LogP contribution in [-0.4, -0.2) is 78.2 Å². The van der Waals surface area contributed by atoms with Gasteiger partial charge in [-0.2, -0.15) is 18.2 Å². The van der Waals surface area contributed by atoms with Gasteiger partial charge in [0.15, 0.2) is 0 Å². The molecule has 44 heavy (non-hydrogen) atoms. The average molecular weight is 611 g/mol. The number of rotatable bonds is 6. The van der Waals surface area contributed by atoms with Crippen molar-refractivity contribution in [2.75, 3.05) is 51.1 Å². The number of carbonyl (C=O) groups is 2. The first-order chi connectivity index (χ1) is 20.9. The summed E-state index contributed by atoms with van der Waals surface area (Å²) >= 11 is 0. The first-order valence-electron chi connectivity index (χ1n) is 14.1. The third-order valence-electron chi connectivity index (χ3n) is 8.90. The Kier molecular flexibility index (Phi) is 6.22. The zero-order valence-electron chi connectivity index (χ0n) is 24.2. The van der Waals surface area contributed by atoms with E-state index in [4.69, 9.17) is 14.2 Å². The summed E-state index contributed by atoms with van der Waals surface area (Å²) in [4.78, 5) is 39.0. The van der Waals surface area contributed by atoms with Gasteiger partial charge in [0.2, 0.25) is 11.8 Å². The number of likely N-dealkylation sites (tertiary alicyclic amines) is 1. The Bertz CT molecular complexity index is 1700. The molecule has 11 nitrogen and oxygen atoms in total. The van der Waals surface area contributed by atoms with E-state index in [2.05, 4.69) is 20.2 Å². The first kappa shape index (κ1) is 28.2. The largest absolute Gasteiger partial charge is 0.494 e. The molecule has 1 atom stereocenters. The van der Waals surface area contributed by atoms with Crippen molar-refractivity contribution in [3.05, 3.63) is 59.3 Å². The van der Waals surface area contributed by atoms with Gasteiger partial charge >= 0.3 is 12.3 Å². The second-order valence-electron chi connectivity index (χ2n) is 11.7. The van der Waals surface area contributed by atoms with E-state index < -0.39 is 34.9 Å². The van der Waals surface area contributed by atoms with E-state index in [0.717, 1.165) is 31.4 Å². The Hall–Kier alpha value is -4.59. The number of amides is 2. The molecule has 1 N–H and O–H groups in total. The van der Waals surface area contributed by atoms with Crippen LogP contribution >= 0.6 is 0 Å². The molecule has 2 spiro atoms. The van der Waals surface area contributed by atoms with Crippen LogP contribution in [0.3, 0.4) is 0 Å². The summed E-state index contributed by atoms with van der Waals surface area (Å²) in [6.07, 6.45) is -2.36. The fraction of sp³-hybridized carbons (Fsp3) is 0.400. The maximum Gasteiger partial charge on any atom is 0.423 e. The van der Waals surface area contributed by atoms with Crippen molar-refractivity contribution in [1.82, 2.24) is 19.8 Å². The number of hydrogen-bond donors (Lipinski definition) is 1. The van der Waals surface area contributed by atoms with E-state index in [1.54, 1.807) is 42.3 Å². The van der Waals surface area contributed by atoms with Gasteiger partial charge in [0.1, 0.15) is 22.7 Å². The highest BCUT2D eigenvalue weighted by Gasteiger charge is 2.57. The molecule has 1 aromatic heterocycles. The molecule has 4 heterocycles. The summed E-state index contributed by atoms with van der Waals surface area (Å²) in [7, 11) is 5.09. The van der Waals surface area contributed by atoms with E-state index in [-0.39, 0.29) is 23.2 Å². The Balaban J connectivity index is 1.18. The van der Waals surface area contributed by atoms with E-state index in [9.17, 15) is 22.8 Å².